The summed E-state index contributed by atoms with van der Waals surface area (Å²) in [5.74, 6) is 0.333. The van der Waals surface area contributed by atoms with Crippen LogP contribution in [0, 0.1) is 0 Å². The predicted molar refractivity (Wildman–Crippen MR) is 70.7 cm³/mol. The molecule has 1 aliphatic rings. The molecule has 17 heavy (non-hydrogen) atoms. The highest BCUT2D eigenvalue weighted by molar-refractivity contribution is 5.95. The van der Waals surface area contributed by atoms with Crippen LogP contribution in [0.5, 0.6) is 5.75 Å². The van der Waals surface area contributed by atoms with Crippen molar-refractivity contribution in [2.24, 2.45) is 0 Å². The minimum absolute atomic E-state index is 0.333. The predicted octanol–water partition coefficient (Wildman–Crippen LogP) is 1.95. The lowest BCUT2D eigenvalue weighted by molar-refractivity contribution is 0.476. The molecular formula is C14H16N2O. The standard InChI is InChI=1S/C14H16N2O/c17-12-5-4-11-2-1-3-14(13(11)10-12)16-8-6-15-7-9-16/h1-5,10,15,17H,6-9H2. The Morgan fingerprint density at radius 3 is 2.71 bits per heavy atom. The molecule has 0 atom stereocenters. The molecule has 0 radical (unpaired) electrons. The molecule has 3 heteroatoms. The maximum Gasteiger partial charge on any atom is 0.116 e. The van der Waals surface area contributed by atoms with E-state index >= 15 is 0 Å². The van der Waals surface area contributed by atoms with Crippen LogP contribution in [0.3, 0.4) is 0 Å². The van der Waals surface area contributed by atoms with Crippen LogP contribution in [0.2, 0.25) is 0 Å². The molecule has 1 heterocycles. The Morgan fingerprint density at radius 1 is 1.06 bits per heavy atom. The fourth-order valence-corrected chi connectivity index (χ4v) is 2.43. The smallest absolute Gasteiger partial charge is 0.116 e. The van der Waals surface area contributed by atoms with Crippen LogP contribution < -0.4 is 10.2 Å². The second-order valence-corrected chi connectivity index (χ2v) is 4.42. The second kappa shape index (κ2) is 4.26. The van der Waals surface area contributed by atoms with Gasteiger partial charge in [0.15, 0.2) is 0 Å². The number of piperazine rings is 1. The number of anilines is 1. The van der Waals surface area contributed by atoms with Crippen LogP contribution in [-0.2, 0) is 0 Å². The van der Waals surface area contributed by atoms with E-state index in [1.54, 1.807) is 6.07 Å². The molecule has 2 aromatic rings. The zero-order valence-corrected chi connectivity index (χ0v) is 9.69. The average Bonchev–Trinajstić information content (AvgIpc) is 2.39. The zero-order valence-electron chi connectivity index (χ0n) is 9.69. The summed E-state index contributed by atoms with van der Waals surface area (Å²) in [7, 11) is 0. The molecule has 2 aromatic carbocycles. The van der Waals surface area contributed by atoms with Gasteiger partial charge in [0.05, 0.1) is 0 Å². The number of nitrogens with one attached hydrogen (secondary N) is 1. The van der Waals surface area contributed by atoms with Crippen molar-refractivity contribution in [3.05, 3.63) is 36.4 Å². The molecule has 0 spiro atoms. The van der Waals surface area contributed by atoms with Crippen molar-refractivity contribution in [2.45, 2.75) is 0 Å². The summed E-state index contributed by atoms with van der Waals surface area (Å²) in [5, 5.41) is 15.3. The van der Waals surface area contributed by atoms with Crippen molar-refractivity contribution in [1.29, 1.82) is 0 Å². The van der Waals surface area contributed by atoms with Crippen LogP contribution in [0.4, 0.5) is 5.69 Å². The van der Waals surface area contributed by atoms with Gasteiger partial charge >= 0.3 is 0 Å². The van der Waals surface area contributed by atoms with Crippen LogP contribution in [0.1, 0.15) is 0 Å². The minimum atomic E-state index is 0.333. The number of hydrogen-bond acceptors (Lipinski definition) is 3. The van der Waals surface area contributed by atoms with Crippen LogP contribution in [-0.4, -0.2) is 31.3 Å². The number of fused-ring (bicyclic) bond motifs is 1. The van der Waals surface area contributed by atoms with Gasteiger partial charge in [-0.15, -0.1) is 0 Å². The largest absolute Gasteiger partial charge is 0.508 e. The normalized spacial score (nSPS) is 16.4. The van der Waals surface area contributed by atoms with E-state index in [1.165, 1.54) is 11.1 Å². The van der Waals surface area contributed by atoms with Gasteiger partial charge in [0, 0.05) is 37.3 Å². The molecule has 0 unspecified atom stereocenters. The van der Waals surface area contributed by atoms with Crippen molar-refractivity contribution >= 4 is 16.5 Å². The first-order valence-electron chi connectivity index (χ1n) is 6.02. The Labute approximate surface area is 101 Å². The van der Waals surface area contributed by atoms with Gasteiger partial charge in [0.1, 0.15) is 5.75 Å². The lowest BCUT2D eigenvalue weighted by Gasteiger charge is -2.30. The molecule has 0 aliphatic carbocycles. The number of nitrogens with zero attached hydrogens (tertiary/aromatic N) is 1. The van der Waals surface area contributed by atoms with Gasteiger partial charge in [0.25, 0.3) is 0 Å². The summed E-state index contributed by atoms with van der Waals surface area (Å²) >= 11 is 0. The highest BCUT2D eigenvalue weighted by Gasteiger charge is 2.12. The monoisotopic (exact) mass is 228 g/mol. The maximum absolute atomic E-state index is 9.62. The summed E-state index contributed by atoms with van der Waals surface area (Å²) in [6.45, 7) is 4.09. The van der Waals surface area contributed by atoms with Crippen LogP contribution in [0.15, 0.2) is 36.4 Å². The SMILES string of the molecule is Oc1ccc2cccc(N3CCNCC3)c2c1. The zero-order chi connectivity index (χ0) is 11.7. The van der Waals surface area contributed by atoms with Crippen molar-refractivity contribution in [3.8, 4) is 5.75 Å². The van der Waals surface area contributed by atoms with Gasteiger partial charge in [-0.1, -0.05) is 18.2 Å². The van der Waals surface area contributed by atoms with Crippen molar-refractivity contribution in [1.82, 2.24) is 5.32 Å². The van der Waals surface area contributed by atoms with Gasteiger partial charge in [-0.2, -0.15) is 0 Å². The fourth-order valence-electron chi connectivity index (χ4n) is 2.43. The van der Waals surface area contributed by atoms with Crippen LogP contribution >= 0.6 is 0 Å². The third kappa shape index (κ3) is 1.94. The van der Waals surface area contributed by atoms with Crippen molar-refractivity contribution in [3.63, 3.8) is 0 Å². The summed E-state index contributed by atoms with van der Waals surface area (Å²) in [5.41, 5.74) is 1.22. The van der Waals surface area contributed by atoms with Crippen molar-refractivity contribution < 1.29 is 5.11 Å². The first-order valence-corrected chi connectivity index (χ1v) is 6.02. The molecule has 0 bridgehead atoms. The molecule has 0 amide bonds. The summed E-state index contributed by atoms with van der Waals surface area (Å²) in [6.07, 6.45) is 0. The summed E-state index contributed by atoms with van der Waals surface area (Å²) in [6, 6.07) is 11.9. The van der Waals surface area contributed by atoms with E-state index in [-0.39, 0.29) is 0 Å². The average molecular weight is 228 g/mol. The third-order valence-corrected chi connectivity index (χ3v) is 3.30. The Morgan fingerprint density at radius 2 is 1.88 bits per heavy atom. The number of phenolic OH excluding ortho intramolecular Hbond substituents is 1. The van der Waals surface area contributed by atoms with Gasteiger partial charge in [-0.05, 0) is 23.6 Å². The third-order valence-electron chi connectivity index (χ3n) is 3.30. The first kappa shape index (κ1) is 10.4. The number of phenols is 1. The molecule has 2 N–H and O–H groups in total. The highest BCUT2D eigenvalue weighted by Crippen LogP contribution is 2.29. The Kier molecular flexibility index (Phi) is 2.61. The minimum Gasteiger partial charge on any atom is -0.508 e. The lowest BCUT2D eigenvalue weighted by atomic mass is 10.1. The molecule has 1 saturated heterocycles. The van der Waals surface area contributed by atoms with E-state index in [1.807, 2.05) is 12.1 Å². The van der Waals surface area contributed by atoms with E-state index in [0.717, 1.165) is 31.6 Å². The molecular weight excluding hydrogens is 212 g/mol. The summed E-state index contributed by atoms with van der Waals surface area (Å²) < 4.78 is 0. The molecule has 0 aromatic heterocycles. The first-order chi connectivity index (χ1) is 8.34. The molecule has 1 aliphatic heterocycles. The van der Waals surface area contributed by atoms with E-state index in [4.69, 9.17) is 0 Å². The topological polar surface area (TPSA) is 35.5 Å². The van der Waals surface area contributed by atoms with Gasteiger partial charge in [-0.25, -0.2) is 0 Å². The number of rotatable bonds is 1. The van der Waals surface area contributed by atoms with Gasteiger partial charge in [-0.3, -0.25) is 0 Å². The van der Waals surface area contributed by atoms with E-state index in [9.17, 15) is 5.11 Å². The molecule has 3 nitrogen and oxygen atoms in total. The second-order valence-electron chi connectivity index (χ2n) is 4.42. The van der Waals surface area contributed by atoms with Crippen LogP contribution in [0.25, 0.3) is 10.8 Å². The quantitative estimate of drug-likeness (QED) is 0.783. The molecule has 0 saturated carbocycles. The molecule has 3 rings (SSSR count). The molecule has 88 valence electrons. The number of aromatic hydroxyl groups is 1. The summed E-state index contributed by atoms with van der Waals surface area (Å²) in [4.78, 5) is 2.37. The van der Waals surface area contributed by atoms with Gasteiger partial charge < -0.3 is 15.3 Å². The fraction of sp³-hybridized carbons (Fsp3) is 0.286. The van der Waals surface area contributed by atoms with E-state index < -0.39 is 0 Å². The Balaban J connectivity index is 2.11. The lowest BCUT2D eigenvalue weighted by Crippen LogP contribution is -2.43. The van der Waals surface area contributed by atoms with E-state index in [0.29, 0.717) is 5.75 Å². The highest BCUT2D eigenvalue weighted by atomic mass is 16.3. The number of hydrogen-bond donors (Lipinski definition) is 2. The van der Waals surface area contributed by atoms with E-state index in [2.05, 4.69) is 28.4 Å². The maximum atomic E-state index is 9.62. The molecule has 1 fully saturated rings. The Bertz CT molecular complexity index is 533. The number of benzene rings is 2. The van der Waals surface area contributed by atoms with Crippen molar-refractivity contribution in [2.75, 3.05) is 31.1 Å². The Hall–Kier alpha value is -1.74. The van der Waals surface area contributed by atoms with Gasteiger partial charge in [0.2, 0.25) is 0 Å².